The molecule has 0 aliphatic rings. The number of rotatable bonds is 8. The highest BCUT2D eigenvalue weighted by Gasteiger charge is 2.23. The van der Waals surface area contributed by atoms with E-state index in [0.717, 1.165) is 24.0 Å². The summed E-state index contributed by atoms with van der Waals surface area (Å²) in [4.78, 5) is 23.9. The van der Waals surface area contributed by atoms with Crippen molar-refractivity contribution in [3.63, 3.8) is 0 Å². The Bertz CT molecular complexity index is 754. The van der Waals surface area contributed by atoms with Crippen molar-refractivity contribution in [2.45, 2.75) is 39.2 Å². The molecule has 1 amide bonds. The lowest BCUT2D eigenvalue weighted by Crippen LogP contribution is -2.42. The summed E-state index contributed by atoms with van der Waals surface area (Å²) in [6.45, 7) is 4.06. The number of hydrogen-bond donors (Lipinski definition) is 2. The molecule has 0 spiro atoms. The quantitative estimate of drug-likeness (QED) is 0.683. The van der Waals surface area contributed by atoms with Crippen molar-refractivity contribution in [1.29, 1.82) is 0 Å². The predicted octanol–water partition coefficient (Wildman–Crippen LogP) is 5.02. The van der Waals surface area contributed by atoms with E-state index in [4.69, 9.17) is 11.6 Å². The zero-order valence-corrected chi connectivity index (χ0v) is 15.8. The summed E-state index contributed by atoms with van der Waals surface area (Å²) in [6.07, 6.45) is 2.22. The van der Waals surface area contributed by atoms with Crippen LogP contribution in [0.15, 0.2) is 48.5 Å². The van der Waals surface area contributed by atoms with Gasteiger partial charge in [0.2, 0.25) is 0 Å². The Morgan fingerprint density at radius 2 is 1.65 bits per heavy atom. The van der Waals surface area contributed by atoms with Crippen LogP contribution in [0, 0.1) is 5.92 Å². The van der Waals surface area contributed by atoms with Gasteiger partial charge in [-0.3, -0.25) is 4.79 Å². The van der Waals surface area contributed by atoms with Gasteiger partial charge in [-0.2, -0.15) is 0 Å². The Morgan fingerprint density at radius 1 is 1.04 bits per heavy atom. The van der Waals surface area contributed by atoms with Crippen LogP contribution in [-0.4, -0.2) is 23.0 Å². The summed E-state index contributed by atoms with van der Waals surface area (Å²) < 4.78 is 0. The molecular weight excluding hydrogens is 350 g/mol. The molecule has 0 aliphatic carbocycles. The maximum Gasteiger partial charge on any atom is 0.326 e. The average Bonchev–Trinajstić information content (AvgIpc) is 2.65. The van der Waals surface area contributed by atoms with Gasteiger partial charge >= 0.3 is 5.97 Å². The Balaban J connectivity index is 2.11. The largest absolute Gasteiger partial charge is 0.480 e. The van der Waals surface area contributed by atoms with Gasteiger partial charge in [0.05, 0.1) is 0 Å². The van der Waals surface area contributed by atoms with Crippen molar-refractivity contribution in [3.05, 3.63) is 59.1 Å². The van der Waals surface area contributed by atoms with Gasteiger partial charge in [-0.1, -0.05) is 68.6 Å². The Morgan fingerprint density at radius 3 is 2.19 bits per heavy atom. The van der Waals surface area contributed by atoms with Gasteiger partial charge < -0.3 is 10.4 Å². The van der Waals surface area contributed by atoms with Crippen LogP contribution in [0.4, 0.5) is 0 Å². The van der Waals surface area contributed by atoms with Crippen LogP contribution in [0.25, 0.3) is 11.1 Å². The zero-order chi connectivity index (χ0) is 19.1. The molecule has 138 valence electrons. The van der Waals surface area contributed by atoms with E-state index < -0.39 is 12.0 Å². The van der Waals surface area contributed by atoms with E-state index in [1.165, 1.54) is 0 Å². The van der Waals surface area contributed by atoms with Crippen LogP contribution in [0.5, 0.6) is 0 Å². The van der Waals surface area contributed by atoms with Crippen LogP contribution in [-0.2, 0) is 4.79 Å². The molecule has 1 unspecified atom stereocenters. The predicted molar refractivity (Wildman–Crippen MR) is 104 cm³/mol. The highest BCUT2D eigenvalue weighted by atomic mass is 35.5. The Labute approximate surface area is 159 Å². The summed E-state index contributed by atoms with van der Waals surface area (Å²) in [5, 5.41) is 12.7. The molecule has 4 nitrogen and oxygen atoms in total. The molecule has 2 aromatic rings. The molecule has 0 aliphatic heterocycles. The average molecular weight is 374 g/mol. The lowest BCUT2D eigenvalue weighted by Gasteiger charge is -2.19. The first-order chi connectivity index (χ1) is 12.5. The Hall–Kier alpha value is -2.33. The molecule has 0 radical (unpaired) electrons. The highest BCUT2D eigenvalue weighted by Crippen LogP contribution is 2.27. The molecule has 26 heavy (non-hydrogen) atoms. The van der Waals surface area contributed by atoms with Crippen LogP contribution in [0.3, 0.4) is 0 Å². The lowest BCUT2D eigenvalue weighted by molar-refractivity contribution is -0.139. The minimum absolute atomic E-state index is 0.277. The monoisotopic (exact) mass is 373 g/mol. The number of aliphatic carboxylic acids is 1. The van der Waals surface area contributed by atoms with E-state index in [9.17, 15) is 14.7 Å². The van der Waals surface area contributed by atoms with Crippen LogP contribution >= 0.6 is 11.6 Å². The highest BCUT2D eigenvalue weighted by molar-refractivity contribution is 6.33. The smallest absolute Gasteiger partial charge is 0.326 e. The lowest BCUT2D eigenvalue weighted by atomic mass is 9.94. The number of carboxylic acids is 1. The first-order valence-electron chi connectivity index (χ1n) is 8.84. The molecule has 2 N–H and O–H groups in total. The number of nitrogens with one attached hydrogen (secondary N) is 1. The third-order valence-electron chi connectivity index (χ3n) is 4.66. The second-order valence-corrected chi connectivity index (χ2v) is 6.75. The maximum atomic E-state index is 12.4. The van der Waals surface area contributed by atoms with Gasteiger partial charge in [0.25, 0.3) is 5.91 Å². The minimum atomic E-state index is -1.00. The van der Waals surface area contributed by atoms with Crippen molar-refractivity contribution in [3.8, 4) is 11.1 Å². The third kappa shape index (κ3) is 5.09. The molecule has 1 atom stereocenters. The maximum absolute atomic E-state index is 12.4. The molecule has 0 saturated heterocycles. The number of amides is 1. The van der Waals surface area contributed by atoms with Gasteiger partial charge in [-0.15, -0.1) is 0 Å². The van der Waals surface area contributed by atoms with Crippen LogP contribution < -0.4 is 5.32 Å². The molecular formula is C21H24ClNO3. The summed E-state index contributed by atoms with van der Waals surface area (Å²) in [5.74, 6) is -1.11. The van der Waals surface area contributed by atoms with E-state index in [0.29, 0.717) is 17.0 Å². The van der Waals surface area contributed by atoms with E-state index in [1.807, 2.05) is 50.2 Å². The summed E-state index contributed by atoms with van der Waals surface area (Å²) in [7, 11) is 0. The molecule has 0 heterocycles. The number of benzene rings is 2. The minimum Gasteiger partial charge on any atom is -0.480 e. The van der Waals surface area contributed by atoms with Gasteiger partial charge in [-0.25, -0.2) is 4.79 Å². The SMILES string of the molecule is CCC(CC)CC(NC(=O)c1ccc(-c2ccccc2Cl)cc1)C(=O)O. The van der Waals surface area contributed by atoms with Crippen molar-refractivity contribution in [2.24, 2.45) is 5.92 Å². The number of halogens is 1. The van der Waals surface area contributed by atoms with Crippen molar-refractivity contribution < 1.29 is 14.7 Å². The number of carboxylic acid groups (broad SMARTS) is 1. The second kappa shape index (κ2) is 9.39. The van der Waals surface area contributed by atoms with Gasteiger partial charge in [0.1, 0.15) is 6.04 Å². The molecule has 0 fully saturated rings. The van der Waals surface area contributed by atoms with Gasteiger partial charge in [0, 0.05) is 16.1 Å². The topological polar surface area (TPSA) is 66.4 Å². The molecule has 2 aromatic carbocycles. The van der Waals surface area contributed by atoms with E-state index in [1.54, 1.807) is 12.1 Å². The molecule has 0 saturated carbocycles. The molecule has 0 bridgehead atoms. The first-order valence-corrected chi connectivity index (χ1v) is 9.22. The third-order valence-corrected chi connectivity index (χ3v) is 4.99. The van der Waals surface area contributed by atoms with Gasteiger partial charge in [0.15, 0.2) is 0 Å². The van der Waals surface area contributed by atoms with E-state index >= 15 is 0 Å². The fraction of sp³-hybridized carbons (Fsp3) is 0.333. The summed E-state index contributed by atoms with van der Waals surface area (Å²) in [5.41, 5.74) is 2.22. The van der Waals surface area contributed by atoms with E-state index in [2.05, 4.69) is 5.32 Å². The van der Waals surface area contributed by atoms with Crippen LogP contribution in [0.2, 0.25) is 5.02 Å². The number of carbonyl (C=O) groups excluding carboxylic acids is 1. The number of carbonyl (C=O) groups is 2. The molecule has 0 aromatic heterocycles. The molecule has 5 heteroatoms. The standard InChI is InChI=1S/C21H24ClNO3/c1-3-14(4-2)13-19(21(25)26)23-20(24)16-11-9-15(10-12-16)17-7-5-6-8-18(17)22/h5-12,14,19H,3-4,13H2,1-2H3,(H,23,24)(H,25,26). The fourth-order valence-corrected chi connectivity index (χ4v) is 3.16. The molecule has 2 rings (SSSR count). The van der Waals surface area contributed by atoms with Crippen molar-refractivity contribution in [1.82, 2.24) is 5.32 Å². The van der Waals surface area contributed by atoms with Crippen molar-refractivity contribution >= 4 is 23.5 Å². The Kier molecular flexibility index (Phi) is 7.22. The second-order valence-electron chi connectivity index (χ2n) is 6.34. The normalized spacial score (nSPS) is 12.0. The fourth-order valence-electron chi connectivity index (χ4n) is 2.91. The summed E-state index contributed by atoms with van der Waals surface area (Å²) >= 11 is 6.20. The van der Waals surface area contributed by atoms with Crippen LogP contribution in [0.1, 0.15) is 43.5 Å². The number of hydrogen-bond acceptors (Lipinski definition) is 2. The summed E-state index contributed by atoms with van der Waals surface area (Å²) in [6, 6.07) is 13.6. The zero-order valence-electron chi connectivity index (χ0n) is 15.0. The first kappa shape index (κ1) is 20.0. The van der Waals surface area contributed by atoms with Gasteiger partial charge in [-0.05, 0) is 36.1 Å². The van der Waals surface area contributed by atoms with Crippen molar-refractivity contribution in [2.75, 3.05) is 0 Å². The van der Waals surface area contributed by atoms with E-state index in [-0.39, 0.29) is 11.8 Å².